The van der Waals surface area contributed by atoms with Gasteiger partial charge in [-0.05, 0) is 17.7 Å². The second kappa shape index (κ2) is 7.39. The van der Waals surface area contributed by atoms with E-state index in [1.807, 2.05) is 10.7 Å². The number of hydrogen-bond acceptors (Lipinski definition) is 3. The number of benzene rings is 1. The Hall–Kier alpha value is -2.51. The number of amides is 1. The second-order valence-corrected chi connectivity index (χ2v) is 6.47. The molecule has 0 saturated heterocycles. The monoisotopic (exact) mass is 366 g/mol. The molecule has 1 N–H and O–H groups in total. The molecule has 0 saturated carbocycles. The summed E-state index contributed by atoms with van der Waals surface area (Å²) in [5.74, 6) is 1.13. The molecule has 1 amide bonds. The highest BCUT2D eigenvalue weighted by Crippen LogP contribution is 2.30. The van der Waals surface area contributed by atoms with Crippen molar-refractivity contribution >= 4 is 11.7 Å². The number of carbonyl (C=O) groups is 1. The first-order chi connectivity index (χ1) is 12.4. The Bertz CT molecular complexity index is 755. The lowest BCUT2D eigenvalue weighted by molar-refractivity contribution is -0.137. The number of carbonyl (C=O) groups excluding carboxylic acids is 1. The van der Waals surface area contributed by atoms with Gasteiger partial charge in [0.05, 0.1) is 11.8 Å². The first kappa shape index (κ1) is 18.3. The number of aromatic nitrogens is 2. The summed E-state index contributed by atoms with van der Waals surface area (Å²) in [6.07, 6.45) is -2.18. The fourth-order valence-corrected chi connectivity index (χ4v) is 3.12. The van der Waals surface area contributed by atoms with Gasteiger partial charge in [0.2, 0.25) is 5.91 Å². The smallest absolute Gasteiger partial charge is 0.356 e. The summed E-state index contributed by atoms with van der Waals surface area (Å²) in [5, 5.41) is 7.21. The van der Waals surface area contributed by atoms with Gasteiger partial charge in [0, 0.05) is 44.6 Å². The lowest BCUT2D eigenvalue weighted by Gasteiger charge is -2.35. The standard InChI is InChI=1S/C18H21F3N4O/c1-2-16(26)22-9-14-11-24(17-7-8-23-25(17)12-14)10-13-3-5-15(6-4-13)18(19,20)21/h3-8,14H,2,9-12H2,1H3,(H,22,26). The Balaban J connectivity index is 1.71. The van der Waals surface area contributed by atoms with Gasteiger partial charge >= 0.3 is 6.18 Å². The molecule has 0 radical (unpaired) electrons. The van der Waals surface area contributed by atoms with Crippen LogP contribution in [0.4, 0.5) is 19.0 Å². The number of hydrogen-bond donors (Lipinski definition) is 1. The number of halogens is 3. The molecule has 1 aromatic heterocycles. The zero-order valence-electron chi connectivity index (χ0n) is 14.5. The topological polar surface area (TPSA) is 50.2 Å². The molecule has 2 aromatic rings. The van der Waals surface area contributed by atoms with Crippen LogP contribution in [-0.4, -0.2) is 28.8 Å². The second-order valence-electron chi connectivity index (χ2n) is 6.47. The normalized spacial score (nSPS) is 17.1. The van der Waals surface area contributed by atoms with Crippen molar-refractivity contribution in [3.05, 3.63) is 47.7 Å². The first-order valence-electron chi connectivity index (χ1n) is 8.56. The average Bonchev–Trinajstić information content (AvgIpc) is 3.08. The predicted molar refractivity (Wildman–Crippen MR) is 91.5 cm³/mol. The van der Waals surface area contributed by atoms with Crippen LogP contribution in [0.3, 0.4) is 0 Å². The highest BCUT2D eigenvalue weighted by atomic mass is 19.4. The Morgan fingerprint density at radius 2 is 1.96 bits per heavy atom. The fraction of sp³-hybridized carbons (Fsp3) is 0.444. The molecule has 8 heteroatoms. The maximum absolute atomic E-state index is 12.7. The maximum Gasteiger partial charge on any atom is 0.416 e. The summed E-state index contributed by atoms with van der Waals surface area (Å²) >= 11 is 0. The molecule has 26 heavy (non-hydrogen) atoms. The van der Waals surface area contributed by atoms with Gasteiger partial charge in [0.15, 0.2) is 0 Å². The Morgan fingerprint density at radius 1 is 1.23 bits per heavy atom. The number of anilines is 1. The lowest BCUT2D eigenvalue weighted by atomic mass is 10.1. The molecular weight excluding hydrogens is 345 g/mol. The number of rotatable bonds is 5. The van der Waals surface area contributed by atoms with Crippen molar-refractivity contribution in [3.8, 4) is 0 Å². The van der Waals surface area contributed by atoms with Crippen LogP contribution in [0.2, 0.25) is 0 Å². The van der Waals surface area contributed by atoms with Crippen molar-refractivity contribution in [2.24, 2.45) is 5.92 Å². The number of nitrogens with one attached hydrogen (secondary N) is 1. The van der Waals surface area contributed by atoms with Crippen molar-refractivity contribution in [3.63, 3.8) is 0 Å². The molecule has 0 bridgehead atoms. The molecule has 1 atom stereocenters. The maximum atomic E-state index is 12.7. The summed E-state index contributed by atoms with van der Waals surface area (Å²) in [5.41, 5.74) is 0.147. The third-order valence-electron chi connectivity index (χ3n) is 4.49. The van der Waals surface area contributed by atoms with Crippen LogP contribution in [0.25, 0.3) is 0 Å². The van der Waals surface area contributed by atoms with Crippen LogP contribution in [0.1, 0.15) is 24.5 Å². The summed E-state index contributed by atoms with van der Waals surface area (Å²) in [7, 11) is 0. The van der Waals surface area contributed by atoms with Crippen LogP contribution in [0.5, 0.6) is 0 Å². The highest BCUT2D eigenvalue weighted by Gasteiger charge is 2.30. The molecule has 1 aromatic carbocycles. The summed E-state index contributed by atoms with van der Waals surface area (Å²) < 4.78 is 40.0. The van der Waals surface area contributed by atoms with E-state index in [0.717, 1.165) is 23.5 Å². The van der Waals surface area contributed by atoms with E-state index in [9.17, 15) is 18.0 Å². The van der Waals surface area contributed by atoms with Crippen LogP contribution in [0.15, 0.2) is 36.5 Å². The number of fused-ring (bicyclic) bond motifs is 1. The largest absolute Gasteiger partial charge is 0.416 e. The van der Waals surface area contributed by atoms with E-state index < -0.39 is 11.7 Å². The van der Waals surface area contributed by atoms with E-state index in [1.165, 1.54) is 12.1 Å². The molecule has 0 spiro atoms. The van der Waals surface area contributed by atoms with Crippen molar-refractivity contribution in [2.75, 3.05) is 18.0 Å². The van der Waals surface area contributed by atoms with Crippen molar-refractivity contribution in [1.29, 1.82) is 0 Å². The minimum absolute atomic E-state index is 0.00514. The van der Waals surface area contributed by atoms with Gasteiger partial charge in [0.1, 0.15) is 5.82 Å². The van der Waals surface area contributed by atoms with Crippen molar-refractivity contribution in [2.45, 2.75) is 32.6 Å². The zero-order chi connectivity index (χ0) is 18.7. The van der Waals surface area contributed by atoms with E-state index in [-0.39, 0.29) is 11.8 Å². The molecule has 1 aliphatic rings. The summed E-state index contributed by atoms with van der Waals surface area (Å²) in [6.45, 7) is 4.25. The highest BCUT2D eigenvalue weighted by molar-refractivity contribution is 5.75. The van der Waals surface area contributed by atoms with Gasteiger partial charge in [-0.3, -0.25) is 4.79 Å². The van der Waals surface area contributed by atoms with Gasteiger partial charge in [-0.25, -0.2) is 4.68 Å². The zero-order valence-corrected chi connectivity index (χ0v) is 14.5. The van der Waals surface area contributed by atoms with Crippen LogP contribution in [0, 0.1) is 5.92 Å². The number of alkyl halides is 3. The molecule has 1 unspecified atom stereocenters. The third-order valence-corrected chi connectivity index (χ3v) is 4.49. The molecule has 3 rings (SSSR count). The molecule has 0 aliphatic carbocycles. The SMILES string of the molecule is CCC(=O)NCC1CN(Cc2ccc(C(F)(F)F)cc2)c2ccnn2C1. The lowest BCUT2D eigenvalue weighted by Crippen LogP contribution is -2.43. The Labute approximate surface area is 149 Å². The molecule has 1 aliphatic heterocycles. The first-order valence-corrected chi connectivity index (χ1v) is 8.56. The van der Waals surface area contributed by atoms with E-state index in [2.05, 4.69) is 15.3 Å². The predicted octanol–water partition coefficient (Wildman–Crippen LogP) is 3.06. The van der Waals surface area contributed by atoms with E-state index in [1.54, 1.807) is 13.1 Å². The number of nitrogens with zero attached hydrogens (tertiary/aromatic N) is 3. The van der Waals surface area contributed by atoms with Gasteiger partial charge in [0.25, 0.3) is 0 Å². The van der Waals surface area contributed by atoms with Crippen LogP contribution >= 0.6 is 0 Å². The Morgan fingerprint density at radius 3 is 2.62 bits per heavy atom. The molecule has 5 nitrogen and oxygen atoms in total. The third kappa shape index (κ3) is 4.17. The summed E-state index contributed by atoms with van der Waals surface area (Å²) in [6, 6.07) is 7.12. The summed E-state index contributed by atoms with van der Waals surface area (Å²) in [4.78, 5) is 13.6. The van der Waals surface area contributed by atoms with Crippen molar-refractivity contribution in [1.82, 2.24) is 15.1 Å². The van der Waals surface area contributed by atoms with Gasteiger partial charge in [-0.2, -0.15) is 18.3 Å². The van der Waals surface area contributed by atoms with Gasteiger partial charge < -0.3 is 10.2 Å². The fourth-order valence-electron chi connectivity index (χ4n) is 3.12. The molecule has 0 fully saturated rings. The minimum Gasteiger partial charge on any atom is -0.356 e. The van der Waals surface area contributed by atoms with Gasteiger partial charge in [-0.15, -0.1) is 0 Å². The molecular formula is C18H21F3N4O. The van der Waals surface area contributed by atoms with E-state index >= 15 is 0 Å². The van der Waals surface area contributed by atoms with Crippen LogP contribution in [-0.2, 0) is 24.1 Å². The average molecular weight is 366 g/mol. The molecule has 140 valence electrons. The molecule has 2 heterocycles. The van der Waals surface area contributed by atoms with Crippen LogP contribution < -0.4 is 10.2 Å². The minimum atomic E-state index is -4.33. The van der Waals surface area contributed by atoms with Crippen molar-refractivity contribution < 1.29 is 18.0 Å². The van der Waals surface area contributed by atoms with E-state index in [4.69, 9.17) is 0 Å². The van der Waals surface area contributed by atoms with Gasteiger partial charge in [-0.1, -0.05) is 19.1 Å². The Kier molecular flexibility index (Phi) is 5.20. The van der Waals surface area contributed by atoms with E-state index in [0.29, 0.717) is 32.6 Å². The quantitative estimate of drug-likeness (QED) is 0.885.